The zero-order chi connectivity index (χ0) is 20.7. The molecule has 1 aromatic carbocycles. The van der Waals surface area contributed by atoms with Crippen molar-refractivity contribution in [3.8, 4) is 0 Å². The summed E-state index contributed by atoms with van der Waals surface area (Å²) in [7, 11) is 0. The molecule has 3 amide bonds. The molecule has 0 aromatic heterocycles. The molecule has 0 bridgehead atoms. The molecule has 28 heavy (non-hydrogen) atoms. The van der Waals surface area contributed by atoms with Crippen molar-refractivity contribution < 1.29 is 14.4 Å². The van der Waals surface area contributed by atoms with Gasteiger partial charge in [0.15, 0.2) is 0 Å². The molecule has 1 aromatic rings. The van der Waals surface area contributed by atoms with E-state index in [1.54, 1.807) is 21.6 Å². The second-order valence-electron chi connectivity index (χ2n) is 7.00. The van der Waals surface area contributed by atoms with Crippen LogP contribution >= 0.6 is 0 Å². The quantitative estimate of drug-likeness (QED) is 0.716. The van der Waals surface area contributed by atoms with Crippen molar-refractivity contribution in [3.05, 3.63) is 24.3 Å². The van der Waals surface area contributed by atoms with Gasteiger partial charge in [-0.1, -0.05) is 0 Å². The molecule has 1 saturated heterocycles. The van der Waals surface area contributed by atoms with Crippen molar-refractivity contribution in [2.24, 2.45) is 0 Å². The first-order valence-corrected chi connectivity index (χ1v) is 10.0. The number of piperazine rings is 1. The van der Waals surface area contributed by atoms with Gasteiger partial charge in [-0.05, 0) is 38.1 Å². The van der Waals surface area contributed by atoms with Gasteiger partial charge in [-0.15, -0.1) is 0 Å². The van der Waals surface area contributed by atoms with E-state index in [2.05, 4.69) is 18.7 Å². The van der Waals surface area contributed by atoms with Gasteiger partial charge in [0.2, 0.25) is 17.7 Å². The van der Waals surface area contributed by atoms with Crippen molar-refractivity contribution in [3.63, 3.8) is 0 Å². The van der Waals surface area contributed by atoms with E-state index in [-0.39, 0.29) is 24.1 Å². The highest BCUT2D eigenvalue weighted by molar-refractivity contribution is 5.92. The van der Waals surface area contributed by atoms with Gasteiger partial charge in [-0.3, -0.25) is 14.4 Å². The first kappa shape index (κ1) is 21.7. The lowest BCUT2D eigenvalue weighted by Crippen LogP contribution is -2.50. The predicted octanol–water partition coefficient (Wildman–Crippen LogP) is 1.97. The first-order valence-electron chi connectivity index (χ1n) is 10.0. The molecule has 7 heteroatoms. The van der Waals surface area contributed by atoms with E-state index in [1.165, 1.54) is 6.92 Å². The van der Waals surface area contributed by atoms with Crippen LogP contribution in [0.15, 0.2) is 24.3 Å². The lowest BCUT2D eigenvalue weighted by Gasteiger charge is -2.34. The molecule has 154 valence electrons. The highest BCUT2D eigenvalue weighted by Gasteiger charge is 2.23. The predicted molar refractivity (Wildman–Crippen MR) is 111 cm³/mol. The fourth-order valence-corrected chi connectivity index (χ4v) is 3.54. The Bertz CT molecular complexity index is 677. The van der Waals surface area contributed by atoms with Gasteiger partial charge in [0, 0.05) is 77.5 Å². The molecule has 1 fully saturated rings. The Hall–Kier alpha value is -2.57. The number of amides is 3. The van der Waals surface area contributed by atoms with Crippen molar-refractivity contribution >= 4 is 29.1 Å². The van der Waals surface area contributed by atoms with Crippen molar-refractivity contribution in [2.75, 3.05) is 55.6 Å². The SMILES string of the molecule is CCN(CC)c1ccc(N(CCC(=O)N2CCN(C(C)=O)CC2)C(C)=O)cc1. The third-order valence-corrected chi connectivity index (χ3v) is 5.30. The first-order chi connectivity index (χ1) is 13.4. The summed E-state index contributed by atoms with van der Waals surface area (Å²) in [6.07, 6.45) is 0.275. The molecule has 1 aliphatic heterocycles. The minimum Gasteiger partial charge on any atom is -0.372 e. The lowest BCUT2D eigenvalue weighted by molar-refractivity contribution is -0.138. The van der Waals surface area contributed by atoms with Crippen LogP contribution in [-0.2, 0) is 14.4 Å². The fraction of sp³-hybridized carbons (Fsp3) is 0.571. The van der Waals surface area contributed by atoms with Gasteiger partial charge in [-0.25, -0.2) is 0 Å². The Labute approximate surface area is 167 Å². The second kappa shape index (κ2) is 10.1. The minimum atomic E-state index is -0.0789. The largest absolute Gasteiger partial charge is 0.372 e. The Morgan fingerprint density at radius 3 is 1.82 bits per heavy atom. The van der Waals surface area contributed by atoms with Crippen molar-refractivity contribution in [2.45, 2.75) is 34.1 Å². The van der Waals surface area contributed by atoms with Gasteiger partial charge in [0.25, 0.3) is 0 Å². The summed E-state index contributed by atoms with van der Waals surface area (Å²) in [4.78, 5) is 43.5. The van der Waals surface area contributed by atoms with Crippen LogP contribution in [0, 0.1) is 0 Å². The highest BCUT2D eigenvalue weighted by Crippen LogP contribution is 2.21. The average molecular weight is 389 g/mol. The number of anilines is 2. The molecular formula is C21H32N4O3. The zero-order valence-corrected chi connectivity index (χ0v) is 17.5. The molecular weight excluding hydrogens is 356 g/mol. The summed E-state index contributed by atoms with van der Waals surface area (Å²) in [5.74, 6) is -0.0120. The highest BCUT2D eigenvalue weighted by atomic mass is 16.2. The van der Waals surface area contributed by atoms with Gasteiger partial charge < -0.3 is 19.6 Å². The number of benzene rings is 1. The maximum Gasteiger partial charge on any atom is 0.224 e. The van der Waals surface area contributed by atoms with Gasteiger partial charge in [0.1, 0.15) is 0 Å². The maximum atomic E-state index is 12.5. The fourth-order valence-electron chi connectivity index (χ4n) is 3.54. The Balaban J connectivity index is 1.95. The molecule has 0 radical (unpaired) electrons. The van der Waals surface area contributed by atoms with Crippen LogP contribution < -0.4 is 9.80 Å². The van der Waals surface area contributed by atoms with Crippen LogP contribution in [0.1, 0.15) is 34.1 Å². The monoisotopic (exact) mass is 388 g/mol. The van der Waals surface area contributed by atoms with Crippen LogP contribution in [0.25, 0.3) is 0 Å². The molecule has 0 N–H and O–H groups in total. The summed E-state index contributed by atoms with van der Waals surface area (Å²) >= 11 is 0. The maximum absolute atomic E-state index is 12.5. The summed E-state index contributed by atoms with van der Waals surface area (Å²) < 4.78 is 0. The summed E-state index contributed by atoms with van der Waals surface area (Å²) in [6, 6.07) is 7.90. The normalized spacial score (nSPS) is 14.0. The zero-order valence-electron chi connectivity index (χ0n) is 17.5. The van der Waals surface area contributed by atoms with Gasteiger partial charge in [-0.2, -0.15) is 0 Å². The topological polar surface area (TPSA) is 64.2 Å². The Morgan fingerprint density at radius 1 is 0.857 bits per heavy atom. The van der Waals surface area contributed by atoms with E-state index in [4.69, 9.17) is 0 Å². The number of rotatable bonds is 7. The standard InChI is InChI=1S/C21H32N4O3/c1-5-22(6-2)19-7-9-20(10-8-19)25(18(4)27)12-11-21(28)24-15-13-23(14-16-24)17(3)26/h7-10H,5-6,11-16H2,1-4H3. The molecule has 0 aliphatic carbocycles. The van der Waals surface area contributed by atoms with Gasteiger partial charge >= 0.3 is 0 Å². The average Bonchev–Trinajstić information content (AvgIpc) is 2.69. The number of carbonyl (C=O) groups is 3. The molecule has 2 rings (SSSR count). The third-order valence-electron chi connectivity index (χ3n) is 5.30. The van der Waals surface area contributed by atoms with Gasteiger partial charge in [0.05, 0.1) is 0 Å². The van der Waals surface area contributed by atoms with E-state index in [0.717, 1.165) is 24.5 Å². The van der Waals surface area contributed by atoms with Crippen LogP contribution in [0.5, 0.6) is 0 Å². The van der Waals surface area contributed by atoms with Crippen LogP contribution in [0.2, 0.25) is 0 Å². The van der Waals surface area contributed by atoms with E-state index in [9.17, 15) is 14.4 Å². The summed E-state index contributed by atoms with van der Waals surface area (Å²) in [5.41, 5.74) is 1.93. The molecule has 0 atom stereocenters. The van der Waals surface area contributed by atoms with E-state index in [0.29, 0.717) is 32.7 Å². The molecule has 0 saturated carbocycles. The molecule has 0 spiro atoms. The third kappa shape index (κ3) is 5.47. The second-order valence-corrected chi connectivity index (χ2v) is 7.00. The van der Waals surface area contributed by atoms with Crippen LogP contribution in [0.3, 0.4) is 0 Å². The Morgan fingerprint density at radius 2 is 1.36 bits per heavy atom. The molecule has 0 unspecified atom stereocenters. The van der Waals surface area contributed by atoms with Crippen LogP contribution in [0.4, 0.5) is 11.4 Å². The number of hydrogen-bond donors (Lipinski definition) is 0. The number of nitrogens with zero attached hydrogens (tertiary/aromatic N) is 4. The summed E-state index contributed by atoms with van der Waals surface area (Å²) in [5, 5.41) is 0. The van der Waals surface area contributed by atoms with E-state index >= 15 is 0 Å². The lowest BCUT2D eigenvalue weighted by atomic mass is 10.2. The van der Waals surface area contributed by atoms with Crippen LogP contribution in [-0.4, -0.2) is 73.3 Å². The number of hydrogen-bond acceptors (Lipinski definition) is 4. The molecule has 1 aliphatic rings. The van der Waals surface area contributed by atoms with Crippen molar-refractivity contribution in [1.82, 2.24) is 9.80 Å². The van der Waals surface area contributed by atoms with E-state index in [1.807, 2.05) is 24.3 Å². The molecule has 1 heterocycles. The molecule has 7 nitrogen and oxygen atoms in total. The summed E-state index contributed by atoms with van der Waals surface area (Å²) in [6.45, 7) is 11.8. The van der Waals surface area contributed by atoms with E-state index < -0.39 is 0 Å². The smallest absolute Gasteiger partial charge is 0.224 e. The van der Waals surface area contributed by atoms with Crippen molar-refractivity contribution in [1.29, 1.82) is 0 Å². The number of carbonyl (C=O) groups excluding carboxylic acids is 3. The Kier molecular flexibility index (Phi) is 7.84. The minimum absolute atomic E-state index is 0.0224.